The number of rotatable bonds is 3. The summed E-state index contributed by atoms with van der Waals surface area (Å²) in [4.78, 5) is 14.4. The Balaban J connectivity index is 1.57. The number of aromatic amines is 1. The second-order valence-electron chi connectivity index (χ2n) is 5.82. The van der Waals surface area contributed by atoms with Crippen molar-refractivity contribution in [3.8, 4) is 11.3 Å². The van der Waals surface area contributed by atoms with Gasteiger partial charge in [-0.3, -0.25) is 9.89 Å². The highest BCUT2D eigenvalue weighted by Crippen LogP contribution is 2.28. The molecule has 2 aromatic heterocycles. The number of halogens is 1. The summed E-state index contributed by atoms with van der Waals surface area (Å²) in [5.41, 5.74) is 3.63. The number of hydrogen-bond donors (Lipinski definition) is 2. The molecule has 8 heteroatoms. The first-order valence-corrected chi connectivity index (χ1v) is 8.22. The Labute approximate surface area is 148 Å². The third-order valence-corrected chi connectivity index (χ3v) is 4.66. The predicted octanol–water partition coefficient (Wildman–Crippen LogP) is 2.41. The molecular weight excluding hydrogens is 344 g/mol. The van der Waals surface area contributed by atoms with E-state index in [-0.39, 0.29) is 18.3 Å². The van der Waals surface area contributed by atoms with Crippen LogP contribution in [-0.2, 0) is 19.6 Å². The minimum Gasteiger partial charge on any atom is -0.390 e. The summed E-state index contributed by atoms with van der Waals surface area (Å²) >= 11 is 6.16. The van der Waals surface area contributed by atoms with Crippen LogP contribution in [0.15, 0.2) is 34.9 Å². The fraction of sp³-hybridized carbons (Fsp3) is 0.235. The highest BCUT2D eigenvalue weighted by Gasteiger charge is 2.28. The summed E-state index contributed by atoms with van der Waals surface area (Å²) in [5, 5.41) is 20.8. The molecule has 128 valence electrons. The third kappa shape index (κ3) is 2.81. The molecule has 3 heterocycles. The molecule has 0 radical (unpaired) electrons. The summed E-state index contributed by atoms with van der Waals surface area (Å²) in [6.07, 6.45) is 0.652. The van der Waals surface area contributed by atoms with E-state index in [1.165, 1.54) is 0 Å². The summed E-state index contributed by atoms with van der Waals surface area (Å²) in [5.74, 6) is -0.0889. The molecule has 1 aliphatic heterocycles. The van der Waals surface area contributed by atoms with Gasteiger partial charge in [-0.05, 0) is 6.07 Å². The average Bonchev–Trinajstić information content (AvgIpc) is 3.28. The molecule has 0 saturated carbocycles. The van der Waals surface area contributed by atoms with E-state index in [0.717, 1.165) is 11.3 Å². The molecule has 0 saturated heterocycles. The number of hydrogen-bond acceptors (Lipinski definition) is 5. The van der Waals surface area contributed by atoms with E-state index in [1.807, 2.05) is 18.2 Å². The van der Waals surface area contributed by atoms with Crippen molar-refractivity contribution in [2.45, 2.75) is 19.6 Å². The number of aromatic nitrogens is 3. The van der Waals surface area contributed by atoms with Gasteiger partial charge in [0.15, 0.2) is 0 Å². The van der Waals surface area contributed by atoms with Crippen molar-refractivity contribution in [2.24, 2.45) is 0 Å². The standard InChI is InChI=1S/C17H15ClN4O3/c18-12-4-2-1-3-10(12)14-7-16(25-21-14)17(24)22-6-5-13-11(8-22)15(9-23)20-19-13/h1-4,7,23H,5-6,8-9H2,(H,19,20). The molecule has 1 aromatic carbocycles. The Hall–Kier alpha value is -2.64. The summed E-state index contributed by atoms with van der Waals surface area (Å²) in [7, 11) is 0. The SMILES string of the molecule is O=C(c1cc(-c2ccccc2Cl)no1)N1CCc2[nH]nc(CO)c2C1. The summed E-state index contributed by atoms with van der Waals surface area (Å²) < 4.78 is 5.24. The van der Waals surface area contributed by atoms with Gasteiger partial charge in [-0.15, -0.1) is 0 Å². The van der Waals surface area contributed by atoms with Crippen molar-refractivity contribution in [3.63, 3.8) is 0 Å². The van der Waals surface area contributed by atoms with Crippen LogP contribution in [0.3, 0.4) is 0 Å². The van der Waals surface area contributed by atoms with Gasteiger partial charge in [-0.2, -0.15) is 5.10 Å². The van der Waals surface area contributed by atoms with Crippen LogP contribution in [-0.4, -0.2) is 37.8 Å². The quantitative estimate of drug-likeness (QED) is 0.749. The third-order valence-electron chi connectivity index (χ3n) is 4.33. The molecule has 0 bridgehead atoms. The first kappa shape index (κ1) is 15.9. The monoisotopic (exact) mass is 358 g/mol. The fourth-order valence-electron chi connectivity index (χ4n) is 2.99. The fourth-order valence-corrected chi connectivity index (χ4v) is 3.22. The molecule has 0 atom stereocenters. The van der Waals surface area contributed by atoms with E-state index in [9.17, 15) is 9.90 Å². The number of nitrogens with zero attached hydrogens (tertiary/aromatic N) is 3. The zero-order valence-corrected chi connectivity index (χ0v) is 14.0. The molecule has 0 aliphatic carbocycles. The van der Waals surface area contributed by atoms with Crippen LogP contribution in [0.25, 0.3) is 11.3 Å². The lowest BCUT2D eigenvalue weighted by Gasteiger charge is -2.26. The van der Waals surface area contributed by atoms with Crippen LogP contribution in [0, 0.1) is 0 Å². The van der Waals surface area contributed by atoms with Gasteiger partial charge in [0.05, 0.1) is 17.3 Å². The van der Waals surface area contributed by atoms with E-state index >= 15 is 0 Å². The lowest BCUT2D eigenvalue weighted by atomic mass is 10.1. The smallest absolute Gasteiger partial charge is 0.292 e. The number of carbonyl (C=O) groups excluding carboxylic acids is 1. The van der Waals surface area contributed by atoms with E-state index in [1.54, 1.807) is 17.0 Å². The summed E-state index contributed by atoms with van der Waals surface area (Å²) in [6, 6.07) is 8.85. The van der Waals surface area contributed by atoms with Crippen molar-refractivity contribution in [2.75, 3.05) is 6.54 Å². The molecule has 0 unspecified atom stereocenters. The second kappa shape index (κ2) is 6.34. The molecule has 1 amide bonds. The molecule has 2 N–H and O–H groups in total. The lowest BCUT2D eigenvalue weighted by molar-refractivity contribution is 0.0691. The second-order valence-corrected chi connectivity index (χ2v) is 6.23. The van der Waals surface area contributed by atoms with Gasteiger partial charge in [0.25, 0.3) is 5.91 Å². The van der Waals surface area contributed by atoms with Gasteiger partial charge in [-0.1, -0.05) is 35.0 Å². The number of benzene rings is 1. The van der Waals surface area contributed by atoms with Crippen LogP contribution in [0.5, 0.6) is 0 Å². The van der Waals surface area contributed by atoms with Gasteiger partial charge in [0.1, 0.15) is 5.69 Å². The Morgan fingerprint density at radius 2 is 2.24 bits per heavy atom. The van der Waals surface area contributed by atoms with Crippen molar-refractivity contribution in [3.05, 3.63) is 58.1 Å². The Morgan fingerprint density at radius 1 is 1.40 bits per heavy atom. The minimum absolute atomic E-state index is 0.160. The number of carbonyl (C=O) groups is 1. The molecule has 4 rings (SSSR count). The van der Waals surface area contributed by atoms with Crippen molar-refractivity contribution >= 4 is 17.5 Å². The van der Waals surface area contributed by atoms with Crippen LogP contribution < -0.4 is 0 Å². The maximum absolute atomic E-state index is 12.7. The van der Waals surface area contributed by atoms with E-state index in [2.05, 4.69) is 15.4 Å². The van der Waals surface area contributed by atoms with Gasteiger partial charge in [0, 0.05) is 42.4 Å². The number of aliphatic hydroxyl groups excluding tert-OH is 1. The Kier molecular flexibility index (Phi) is 4.03. The van der Waals surface area contributed by atoms with Crippen molar-refractivity contribution in [1.29, 1.82) is 0 Å². The van der Waals surface area contributed by atoms with Gasteiger partial charge >= 0.3 is 0 Å². The first-order chi connectivity index (χ1) is 12.2. The van der Waals surface area contributed by atoms with E-state index < -0.39 is 0 Å². The number of nitrogens with one attached hydrogen (secondary N) is 1. The van der Waals surface area contributed by atoms with Gasteiger partial charge in [-0.25, -0.2) is 0 Å². The van der Waals surface area contributed by atoms with E-state index in [0.29, 0.717) is 41.5 Å². The van der Waals surface area contributed by atoms with Crippen LogP contribution in [0.4, 0.5) is 0 Å². The molecule has 7 nitrogen and oxygen atoms in total. The average molecular weight is 359 g/mol. The maximum atomic E-state index is 12.7. The molecular formula is C17H15ClN4O3. The van der Waals surface area contributed by atoms with Crippen LogP contribution >= 0.6 is 11.6 Å². The maximum Gasteiger partial charge on any atom is 0.292 e. The van der Waals surface area contributed by atoms with E-state index in [4.69, 9.17) is 16.1 Å². The van der Waals surface area contributed by atoms with Crippen molar-refractivity contribution in [1.82, 2.24) is 20.3 Å². The Bertz CT molecular complexity index is 920. The number of H-pyrrole nitrogens is 1. The molecule has 3 aromatic rings. The largest absolute Gasteiger partial charge is 0.390 e. The Morgan fingerprint density at radius 3 is 3.04 bits per heavy atom. The van der Waals surface area contributed by atoms with Crippen LogP contribution in [0.1, 0.15) is 27.5 Å². The van der Waals surface area contributed by atoms with Crippen molar-refractivity contribution < 1.29 is 14.4 Å². The summed E-state index contributed by atoms with van der Waals surface area (Å²) in [6.45, 7) is 0.760. The zero-order chi connectivity index (χ0) is 17.4. The molecule has 0 spiro atoms. The first-order valence-electron chi connectivity index (χ1n) is 7.84. The van der Waals surface area contributed by atoms with Crippen LogP contribution in [0.2, 0.25) is 5.02 Å². The normalized spacial score (nSPS) is 13.8. The molecule has 25 heavy (non-hydrogen) atoms. The highest BCUT2D eigenvalue weighted by atomic mass is 35.5. The molecule has 1 aliphatic rings. The zero-order valence-electron chi connectivity index (χ0n) is 13.2. The highest BCUT2D eigenvalue weighted by molar-refractivity contribution is 6.33. The number of aliphatic hydroxyl groups is 1. The molecule has 0 fully saturated rings. The lowest BCUT2D eigenvalue weighted by Crippen LogP contribution is -2.35. The predicted molar refractivity (Wildman–Crippen MR) is 89.9 cm³/mol. The number of fused-ring (bicyclic) bond motifs is 1. The van der Waals surface area contributed by atoms with Gasteiger partial charge < -0.3 is 14.5 Å². The number of amides is 1. The van der Waals surface area contributed by atoms with Gasteiger partial charge in [0.2, 0.25) is 5.76 Å². The topological polar surface area (TPSA) is 95.3 Å². The minimum atomic E-state index is -0.249.